The lowest BCUT2D eigenvalue weighted by Gasteiger charge is -2.27. The van der Waals surface area contributed by atoms with E-state index in [0.29, 0.717) is 23.4 Å². The van der Waals surface area contributed by atoms with E-state index >= 15 is 0 Å². The van der Waals surface area contributed by atoms with Crippen LogP contribution in [0.2, 0.25) is 0 Å². The largest absolute Gasteiger partial charge is 0.524 e. The fourth-order valence-electron chi connectivity index (χ4n) is 4.05. The predicted molar refractivity (Wildman–Crippen MR) is 155 cm³/mol. The third-order valence-electron chi connectivity index (χ3n) is 6.02. The van der Waals surface area contributed by atoms with Crippen molar-refractivity contribution in [3.63, 3.8) is 0 Å². The van der Waals surface area contributed by atoms with Crippen LogP contribution in [0, 0.1) is 0 Å². The highest BCUT2D eigenvalue weighted by Gasteiger charge is 2.33. The third kappa shape index (κ3) is 11.7. The number of benzene rings is 2. The number of nitrogens with one attached hydrogen (secondary N) is 3. The summed E-state index contributed by atoms with van der Waals surface area (Å²) in [5.41, 5.74) is 4.33. The summed E-state index contributed by atoms with van der Waals surface area (Å²) < 4.78 is 59.7. The van der Waals surface area contributed by atoms with E-state index in [1.165, 1.54) is 53.1 Å². The molecule has 2 aromatic rings. The molecule has 12 nitrogen and oxygen atoms in total. The number of hydrazine groups is 1. The number of rotatable bonds is 10. The number of thioether (sulfide) groups is 1. The first-order chi connectivity index (χ1) is 20.4. The fraction of sp³-hybridized carbons (Fsp3) is 0.444. The highest BCUT2D eigenvalue weighted by Crippen LogP contribution is 2.37. The van der Waals surface area contributed by atoms with Gasteiger partial charge < -0.3 is 19.5 Å². The van der Waals surface area contributed by atoms with Crippen LogP contribution in [0.4, 0.5) is 18.0 Å². The molecule has 0 aromatic heterocycles. The van der Waals surface area contributed by atoms with E-state index in [0.717, 1.165) is 12.1 Å². The zero-order valence-electron chi connectivity index (χ0n) is 24.1. The summed E-state index contributed by atoms with van der Waals surface area (Å²) in [5.74, 6) is -0.372. The van der Waals surface area contributed by atoms with Crippen molar-refractivity contribution in [2.45, 2.75) is 57.6 Å². The van der Waals surface area contributed by atoms with Gasteiger partial charge in [-0.25, -0.2) is 14.8 Å². The third-order valence-corrected chi connectivity index (χ3v) is 7.51. The van der Waals surface area contributed by atoms with Crippen molar-refractivity contribution in [2.24, 2.45) is 0 Å². The molecular formula is C27H34F3N4O8PS. The first-order valence-corrected chi connectivity index (χ1v) is 16.0. The van der Waals surface area contributed by atoms with Gasteiger partial charge in [-0.1, -0.05) is 24.3 Å². The predicted octanol–water partition coefficient (Wildman–Crippen LogP) is 3.38. The molecule has 0 aliphatic carbocycles. The van der Waals surface area contributed by atoms with Crippen LogP contribution >= 0.6 is 19.6 Å². The molecule has 0 unspecified atom stereocenters. The van der Waals surface area contributed by atoms with Crippen LogP contribution in [0.5, 0.6) is 5.75 Å². The van der Waals surface area contributed by atoms with Gasteiger partial charge >= 0.3 is 20.1 Å². The molecule has 0 radical (unpaired) electrons. The molecule has 2 aromatic carbocycles. The van der Waals surface area contributed by atoms with Gasteiger partial charge in [-0.15, -0.1) is 0 Å². The lowest BCUT2D eigenvalue weighted by atomic mass is 10.1. The van der Waals surface area contributed by atoms with E-state index in [-0.39, 0.29) is 24.5 Å². The average Bonchev–Trinajstić information content (AvgIpc) is 3.06. The number of ether oxygens (including phenoxy) is 1. The molecule has 3 rings (SSSR count). The second-order valence-corrected chi connectivity index (χ2v) is 13.2. The van der Waals surface area contributed by atoms with Crippen LogP contribution in [-0.2, 0) is 38.0 Å². The SMILES string of the molecule is CC(C)(C)OC(=O)NN[C@@H](Cc1ccc(OP(=O)(O)O)cc1)C(=O)N[C@H]1CSCCN(Cc2ccc(C(F)(F)F)cc2)C1=O. The molecule has 5 N–H and O–H groups in total. The maximum absolute atomic E-state index is 13.4. The summed E-state index contributed by atoms with van der Waals surface area (Å²) in [6, 6.07) is 7.97. The Balaban J connectivity index is 1.73. The van der Waals surface area contributed by atoms with Gasteiger partial charge in [0.2, 0.25) is 11.8 Å². The summed E-state index contributed by atoms with van der Waals surface area (Å²) in [7, 11) is -4.77. The number of hydrogen-bond donors (Lipinski definition) is 5. The van der Waals surface area contributed by atoms with Crippen LogP contribution in [0.25, 0.3) is 0 Å². The minimum atomic E-state index is -4.77. The van der Waals surface area contributed by atoms with Gasteiger partial charge in [-0.2, -0.15) is 24.9 Å². The van der Waals surface area contributed by atoms with Gasteiger partial charge in [0.1, 0.15) is 23.4 Å². The fourth-order valence-corrected chi connectivity index (χ4v) is 5.42. The highest BCUT2D eigenvalue weighted by atomic mass is 32.2. The molecule has 1 saturated heterocycles. The Bertz CT molecular complexity index is 1350. The standard InChI is InChI=1S/C27H34F3N4O8PS/c1-26(2,3)41-25(37)33-32-21(14-17-6-10-20(11-7-17)42-43(38,39)40)23(35)31-22-16-44-13-12-34(24(22)36)15-18-4-8-19(9-5-18)27(28,29)30/h4-11,21-22,32H,12-16H2,1-3H3,(H,31,35)(H,33,37)(H2,38,39,40)/t21-,22-/m0/s1. The smallest absolute Gasteiger partial charge is 0.443 e. The Hall–Kier alpha value is -3.30. The zero-order chi connectivity index (χ0) is 32.7. The lowest BCUT2D eigenvalue weighted by molar-refractivity contribution is -0.137. The first-order valence-electron chi connectivity index (χ1n) is 13.3. The Kier molecular flexibility index (Phi) is 11.7. The zero-order valence-corrected chi connectivity index (χ0v) is 25.8. The number of phosphoric acid groups is 1. The molecule has 1 fully saturated rings. The normalized spacial score (nSPS) is 17.0. The van der Waals surface area contributed by atoms with Gasteiger partial charge in [-0.3, -0.25) is 24.8 Å². The summed E-state index contributed by atoms with van der Waals surface area (Å²) in [6.45, 7) is 5.34. The van der Waals surface area contributed by atoms with Crippen LogP contribution < -0.4 is 20.7 Å². The van der Waals surface area contributed by atoms with E-state index in [2.05, 4.69) is 20.7 Å². The molecule has 3 amide bonds. The molecule has 1 aliphatic rings. The van der Waals surface area contributed by atoms with E-state index in [1.807, 2.05) is 0 Å². The monoisotopic (exact) mass is 662 g/mol. The molecule has 2 atom stereocenters. The Labute approximate surface area is 256 Å². The van der Waals surface area contributed by atoms with E-state index in [9.17, 15) is 32.1 Å². The quantitative estimate of drug-likeness (QED) is 0.188. The maximum atomic E-state index is 13.4. The average molecular weight is 663 g/mol. The molecule has 1 aliphatic heterocycles. The summed E-state index contributed by atoms with van der Waals surface area (Å²) in [5, 5.41) is 2.71. The number of amides is 3. The summed E-state index contributed by atoms with van der Waals surface area (Å²) >= 11 is 1.42. The first kappa shape index (κ1) is 35.2. The van der Waals surface area contributed by atoms with Crippen molar-refractivity contribution in [3.8, 4) is 5.75 Å². The summed E-state index contributed by atoms with van der Waals surface area (Å²) in [4.78, 5) is 58.6. The number of carbonyl (C=O) groups excluding carboxylic acids is 3. The Morgan fingerprint density at radius 1 is 1.07 bits per heavy atom. The molecule has 44 heavy (non-hydrogen) atoms. The van der Waals surface area contributed by atoms with Gasteiger partial charge in [0.05, 0.1) is 5.56 Å². The highest BCUT2D eigenvalue weighted by molar-refractivity contribution is 7.99. The van der Waals surface area contributed by atoms with Crippen molar-refractivity contribution >= 4 is 37.5 Å². The number of hydrogen-bond acceptors (Lipinski definition) is 8. The molecule has 0 saturated carbocycles. The number of nitrogens with zero attached hydrogens (tertiary/aromatic N) is 1. The van der Waals surface area contributed by atoms with Gasteiger partial charge in [0.25, 0.3) is 0 Å². The van der Waals surface area contributed by atoms with Crippen molar-refractivity contribution < 1.29 is 51.2 Å². The number of phosphoric ester groups is 1. The van der Waals surface area contributed by atoms with Crippen LogP contribution in [0.15, 0.2) is 48.5 Å². The second-order valence-electron chi connectivity index (χ2n) is 10.8. The van der Waals surface area contributed by atoms with Crippen LogP contribution in [0.3, 0.4) is 0 Å². The molecule has 17 heteroatoms. The number of carbonyl (C=O) groups is 3. The topological polar surface area (TPSA) is 167 Å². The van der Waals surface area contributed by atoms with E-state index in [1.54, 1.807) is 20.8 Å². The molecule has 0 spiro atoms. The Morgan fingerprint density at radius 3 is 2.25 bits per heavy atom. The maximum Gasteiger partial charge on any atom is 0.524 e. The second kappa shape index (κ2) is 14.7. The molecule has 0 bridgehead atoms. The van der Waals surface area contributed by atoms with E-state index in [4.69, 9.17) is 14.5 Å². The minimum Gasteiger partial charge on any atom is -0.443 e. The van der Waals surface area contributed by atoms with Gasteiger partial charge in [0, 0.05) is 24.6 Å². The minimum absolute atomic E-state index is 0.0266. The summed E-state index contributed by atoms with van der Waals surface area (Å²) in [6.07, 6.45) is -5.37. The van der Waals surface area contributed by atoms with Crippen molar-refractivity contribution in [1.29, 1.82) is 0 Å². The molecular weight excluding hydrogens is 628 g/mol. The molecule has 1 heterocycles. The van der Waals surface area contributed by atoms with Crippen molar-refractivity contribution in [2.75, 3.05) is 18.1 Å². The van der Waals surface area contributed by atoms with Gasteiger partial charge in [-0.05, 0) is 62.6 Å². The number of alkyl halides is 3. The lowest BCUT2D eigenvalue weighted by Crippen LogP contribution is -2.57. The molecule has 242 valence electrons. The van der Waals surface area contributed by atoms with Crippen LogP contribution in [-0.4, -0.2) is 68.3 Å². The number of halogens is 3. The van der Waals surface area contributed by atoms with E-state index < -0.39 is 55.2 Å². The van der Waals surface area contributed by atoms with Gasteiger partial charge in [0.15, 0.2) is 0 Å². The van der Waals surface area contributed by atoms with Crippen molar-refractivity contribution in [3.05, 3.63) is 65.2 Å². The Morgan fingerprint density at radius 2 is 1.68 bits per heavy atom. The van der Waals surface area contributed by atoms with Crippen molar-refractivity contribution in [1.82, 2.24) is 21.1 Å². The van der Waals surface area contributed by atoms with Crippen LogP contribution in [0.1, 0.15) is 37.5 Å².